The maximum atomic E-state index is 11.5. The monoisotopic (exact) mass is 274 g/mol. The zero-order valence-corrected chi connectivity index (χ0v) is 10.9. The predicted molar refractivity (Wildman–Crippen MR) is 64.0 cm³/mol. The zero-order chi connectivity index (χ0) is 13.6. The fourth-order valence-corrected chi connectivity index (χ4v) is 1.99. The first-order valence-electron chi connectivity index (χ1n) is 5.18. The molecule has 0 aliphatic heterocycles. The summed E-state index contributed by atoms with van der Waals surface area (Å²) in [5, 5.41) is 0. The summed E-state index contributed by atoms with van der Waals surface area (Å²) in [6.45, 7) is 1.71. The lowest BCUT2D eigenvalue weighted by molar-refractivity contribution is -0.140. The Kier molecular flexibility index (Phi) is 4.96. The Morgan fingerprint density at radius 3 is 2.22 bits per heavy atom. The summed E-state index contributed by atoms with van der Waals surface area (Å²) in [4.78, 5) is 11.0. The number of hydrogen-bond donors (Lipinski definition) is 0. The quantitative estimate of drug-likeness (QED) is 0.568. The van der Waals surface area contributed by atoms with Crippen molar-refractivity contribution in [2.45, 2.75) is 6.92 Å². The maximum Gasteiger partial charge on any atom is 0.324 e. The Labute approximate surface area is 106 Å². The molecule has 6 nitrogen and oxygen atoms in total. The number of ether oxygens (including phenoxy) is 2. The van der Waals surface area contributed by atoms with Crippen LogP contribution in [0.2, 0.25) is 0 Å². The molecule has 0 atom stereocenters. The highest BCUT2D eigenvalue weighted by Crippen LogP contribution is 2.18. The van der Waals surface area contributed by atoms with E-state index in [2.05, 4.69) is 4.74 Å². The van der Waals surface area contributed by atoms with Crippen LogP contribution in [0, 0.1) is 0 Å². The molecule has 0 N–H and O–H groups in total. The van der Waals surface area contributed by atoms with Gasteiger partial charge in [-0.15, -0.1) is 0 Å². The summed E-state index contributed by atoms with van der Waals surface area (Å²) < 4.78 is 37.2. The second-order valence-electron chi connectivity index (χ2n) is 3.27. The highest BCUT2D eigenvalue weighted by atomic mass is 32.2. The highest BCUT2D eigenvalue weighted by Gasteiger charge is 2.19. The van der Waals surface area contributed by atoms with Gasteiger partial charge in [0, 0.05) is 0 Å². The van der Waals surface area contributed by atoms with Crippen molar-refractivity contribution < 1.29 is 26.9 Å². The summed E-state index contributed by atoms with van der Waals surface area (Å²) in [5.41, 5.74) is 0. The van der Waals surface area contributed by atoms with Gasteiger partial charge in [0.15, 0.2) is 5.75 Å². The van der Waals surface area contributed by atoms with Crippen LogP contribution in [0.1, 0.15) is 6.92 Å². The third-order valence-corrected chi connectivity index (χ3v) is 2.92. The average molecular weight is 274 g/mol. The van der Waals surface area contributed by atoms with Crippen LogP contribution in [0.15, 0.2) is 24.3 Å². The molecule has 0 aliphatic carbocycles. The predicted octanol–water partition coefficient (Wildman–Crippen LogP) is 0.967. The second-order valence-corrected chi connectivity index (χ2v) is 4.84. The Hall–Kier alpha value is -1.76. The number of carbonyl (C=O) groups is 1. The van der Waals surface area contributed by atoms with Gasteiger partial charge in [-0.1, -0.05) is 0 Å². The molecular formula is C11H14O6S. The molecule has 0 aliphatic rings. The van der Waals surface area contributed by atoms with Gasteiger partial charge in [0.2, 0.25) is 0 Å². The van der Waals surface area contributed by atoms with Gasteiger partial charge in [-0.25, -0.2) is 0 Å². The van der Waals surface area contributed by atoms with E-state index >= 15 is 0 Å². The van der Waals surface area contributed by atoms with Crippen molar-refractivity contribution in [1.29, 1.82) is 0 Å². The topological polar surface area (TPSA) is 78.9 Å². The highest BCUT2D eigenvalue weighted by molar-refractivity contribution is 7.87. The van der Waals surface area contributed by atoms with Crippen molar-refractivity contribution in [3.05, 3.63) is 24.3 Å². The Morgan fingerprint density at radius 2 is 1.72 bits per heavy atom. The molecule has 0 radical (unpaired) electrons. The number of benzene rings is 1. The molecule has 0 saturated heterocycles. The van der Waals surface area contributed by atoms with Crippen molar-refractivity contribution in [1.82, 2.24) is 0 Å². The summed E-state index contributed by atoms with van der Waals surface area (Å²) in [6.07, 6.45) is 0. The van der Waals surface area contributed by atoms with Gasteiger partial charge in [0.25, 0.3) is 0 Å². The van der Waals surface area contributed by atoms with Crippen molar-refractivity contribution in [3.63, 3.8) is 0 Å². The first-order valence-corrected chi connectivity index (χ1v) is 6.76. The van der Waals surface area contributed by atoms with E-state index in [4.69, 9.17) is 8.92 Å². The molecule has 0 amide bonds. The minimum absolute atomic E-state index is 0.111. The SMILES string of the molecule is CCOC(=O)CS(=O)(=O)Oc1ccc(OC)cc1. The van der Waals surface area contributed by atoms with Gasteiger partial charge in [-0.05, 0) is 31.2 Å². The van der Waals surface area contributed by atoms with Gasteiger partial charge in [0.05, 0.1) is 13.7 Å². The van der Waals surface area contributed by atoms with Crippen LogP contribution in [0.4, 0.5) is 0 Å². The number of carbonyl (C=O) groups excluding carboxylic acids is 1. The van der Waals surface area contributed by atoms with E-state index in [-0.39, 0.29) is 12.4 Å². The van der Waals surface area contributed by atoms with E-state index in [1.165, 1.54) is 19.2 Å². The lowest BCUT2D eigenvalue weighted by Gasteiger charge is -2.07. The van der Waals surface area contributed by atoms with Crippen LogP contribution in [0.3, 0.4) is 0 Å². The van der Waals surface area contributed by atoms with Crippen LogP contribution in [-0.2, 0) is 19.6 Å². The molecule has 0 heterocycles. The Bertz CT molecular complexity index is 491. The van der Waals surface area contributed by atoms with Gasteiger partial charge in [-0.3, -0.25) is 4.79 Å². The molecular weight excluding hydrogens is 260 g/mol. The molecule has 1 aromatic carbocycles. The van der Waals surface area contributed by atoms with Gasteiger partial charge >= 0.3 is 16.1 Å². The van der Waals surface area contributed by atoms with E-state index in [1.54, 1.807) is 19.1 Å². The summed E-state index contributed by atoms with van der Waals surface area (Å²) in [5.74, 6) is -0.969. The maximum absolute atomic E-state index is 11.5. The van der Waals surface area contributed by atoms with Crippen molar-refractivity contribution >= 4 is 16.1 Å². The van der Waals surface area contributed by atoms with Gasteiger partial charge < -0.3 is 13.7 Å². The van der Waals surface area contributed by atoms with Crippen molar-refractivity contribution in [3.8, 4) is 11.5 Å². The fraction of sp³-hybridized carbons (Fsp3) is 0.364. The van der Waals surface area contributed by atoms with E-state index in [0.717, 1.165) is 0 Å². The van der Waals surface area contributed by atoms with Crippen molar-refractivity contribution in [2.75, 3.05) is 19.5 Å². The Morgan fingerprint density at radius 1 is 1.17 bits per heavy atom. The molecule has 0 unspecified atom stereocenters. The number of methoxy groups -OCH3 is 1. The molecule has 0 fully saturated rings. The standard InChI is InChI=1S/C11H14O6S/c1-3-16-11(12)8-18(13,14)17-10-6-4-9(15-2)5-7-10/h4-7H,3,8H2,1-2H3. The first kappa shape index (κ1) is 14.3. The third-order valence-electron chi connectivity index (χ3n) is 1.88. The number of esters is 1. The lowest BCUT2D eigenvalue weighted by atomic mass is 10.3. The zero-order valence-electron chi connectivity index (χ0n) is 10.1. The normalized spacial score (nSPS) is 10.8. The fourth-order valence-electron chi connectivity index (χ4n) is 1.15. The molecule has 1 rings (SSSR count). The molecule has 0 saturated carbocycles. The number of rotatable bonds is 6. The minimum Gasteiger partial charge on any atom is -0.497 e. The summed E-state index contributed by atoms with van der Waals surface area (Å²) >= 11 is 0. The second kappa shape index (κ2) is 6.25. The molecule has 1 aromatic rings. The first-order chi connectivity index (χ1) is 8.46. The lowest BCUT2D eigenvalue weighted by Crippen LogP contribution is -2.22. The van der Waals surface area contributed by atoms with E-state index in [0.29, 0.717) is 5.75 Å². The third kappa shape index (κ3) is 4.62. The smallest absolute Gasteiger partial charge is 0.324 e. The molecule has 0 spiro atoms. The van der Waals surface area contributed by atoms with Crippen LogP contribution in [0.25, 0.3) is 0 Å². The largest absolute Gasteiger partial charge is 0.497 e. The molecule has 100 valence electrons. The van der Waals surface area contributed by atoms with E-state index in [1.807, 2.05) is 0 Å². The number of hydrogen-bond acceptors (Lipinski definition) is 6. The van der Waals surface area contributed by atoms with E-state index in [9.17, 15) is 13.2 Å². The van der Waals surface area contributed by atoms with Gasteiger partial charge in [-0.2, -0.15) is 8.42 Å². The van der Waals surface area contributed by atoms with Crippen LogP contribution in [0.5, 0.6) is 11.5 Å². The average Bonchev–Trinajstić information content (AvgIpc) is 2.29. The van der Waals surface area contributed by atoms with Crippen LogP contribution >= 0.6 is 0 Å². The Balaban J connectivity index is 2.67. The summed E-state index contributed by atoms with van der Waals surface area (Å²) in [7, 11) is -2.50. The van der Waals surface area contributed by atoms with Crippen LogP contribution < -0.4 is 8.92 Å². The molecule has 7 heteroatoms. The minimum atomic E-state index is -3.99. The van der Waals surface area contributed by atoms with E-state index < -0.39 is 21.8 Å². The van der Waals surface area contributed by atoms with Gasteiger partial charge in [0.1, 0.15) is 11.5 Å². The summed E-state index contributed by atoms with van der Waals surface area (Å²) in [6, 6.07) is 5.97. The molecule has 0 aromatic heterocycles. The molecule has 0 bridgehead atoms. The van der Waals surface area contributed by atoms with Crippen molar-refractivity contribution in [2.24, 2.45) is 0 Å². The molecule has 18 heavy (non-hydrogen) atoms. The van der Waals surface area contributed by atoms with Crippen LogP contribution in [-0.4, -0.2) is 33.9 Å².